The zero-order valence-electron chi connectivity index (χ0n) is 9.59. The summed E-state index contributed by atoms with van der Waals surface area (Å²) < 4.78 is 0. The third-order valence-electron chi connectivity index (χ3n) is 1.66. The first-order valence-corrected chi connectivity index (χ1v) is 8.84. The average molecular weight is 382 g/mol. The standard InChI is InChI=1S/2C7H4N.2ClH.Pd/c2*8-6-7-4-2-1-3-5-7;;;/h2*1-4H;2*1H;/q2*-1;;;+2/p-2. The van der Waals surface area contributed by atoms with Crippen molar-refractivity contribution in [3.05, 3.63) is 71.8 Å². The summed E-state index contributed by atoms with van der Waals surface area (Å²) in [5, 5.41) is 16.5. The van der Waals surface area contributed by atoms with Crippen molar-refractivity contribution in [2.45, 2.75) is 0 Å². The van der Waals surface area contributed by atoms with Gasteiger partial charge in [-0.3, -0.25) is 10.5 Å². The molecule has 0 fully saturated rings. The van der Waals surface area contributed by atoms with Gasteiger partial charge in [-0.15, -0.1) is 60.7 Å². The molecule has 0 amide bonds. The van der Waals surface area contributed by atoms with E-state index in [0.717, 1.165) is 0 Å². The van der Waals surface area contributed by atoms with E-state index < -0.39 is 0 Å². The number of halogens is 2. The molecule has 2 rings (SSSR count). The van der Waals surface area contributed by atoms with Crippen molar-refractivity contribution in [1.82, 2.24) is 0 Å². The predicted octanol–water partition coefficient (Wildman–Crippen LogP) is 4.09. The zero-order valence-corrected chi connectivity index (χ0v) is 12.7. The van der Waals surface area contributed by atoms with Gasteiger partial charge in [-0.05, 0) is 12.1 Å². The van der Waals surface area contributed by atoms with E-state index in [1.54, 1.807) is 24.3 Å². The summed E-state index contributed by atoms with van der Waals surface area (Å²) in [5.41, 5.74) is 1.18. The van der Waals surface area contributed by atoms with E-state index in [4.69, 9.17) is 29.6 Å². The number of rotatable bonds is 0. The number of nitrogens with zero attached hydrogens (tertiary/aromatic N) is 2. The number of hydrogen-bond donors (Lipinski definition) is 0. The van der Waals surface area contributed by atoms with Crippen LogP contribution in [-0.2, 0) is 15.9 Å². The molecule has 0 saturated carbocycles. The van der Waals surface area contributed by atoms with E-state index in [2.05, 4.69) is 12.1 Å². The van der Waals surface area contributed by atoms with Gasteiger partial charge in [0.2, 0.25) is 0 Å². The Kier molecular flexibility index (Phi) is 12.2. The molecule has 2 aromatic rings. The molecule has 0 aliphatic carbocycles. The fraction of sp³-hybridized carbons (Fsp3) is 0. The molecule has 0 aromatic heterocycles. The molecule has 0 atom stereocenters. The van der Waals surface area contributed by atoms with Gasteiger partial charge in [0.05, 0.1) is 0 Å². The minimum absolute atomic E-state index is 0.106. The van der Waals surface area contributed by atoms with Crippen LogP contribution in [0.3, 0.4) is 0 Å². The molecule has 5 heteroatoms. The maximum absolute atomic E-state index is 8.26. The summed E-state index contributed by atoms with van der Waals surface area (Å²) in [5.74, 6) is 0. The van der Waals surface area contributed by atoms with Crippen molar-refractivity contribution in [2.75, 3.05) is 0 Å². The first-order chi connectivity index (χ1) is 9.28. The van der Waals surface area contributed by atoms with Crippen molar-refractivity contribution < 1.29 is 15.9 Å². The fourth-order valence-corrected chi connectivity index (χ4v) is 0.926. The van der Waals surface area contributed by atoms with E-state index in [1.807, 2.05) is 36.4 Å². The van der Waals surface area contributed by atoms with E-state index >= 15 is 0 Å². The van der Waals surface area contributed by atoms with Crippen LogP contribution in [0.4, 0.5) is 0 Å². The van der Waals surface area contributed by atoms with Crippen molar-refractivity contribution in [3.8, 4) is 12.1 Å². The normalized spacial score (nSPS) is 7.79. The van der Waals surface area contributed by atoms with Crippen LogP contribution in [0.1, 0.15) is 11.1 Å². The van der Waals surface area contributed by atoms with Gasteiger partial charge in [0.25, 0.3) is 0 Å². The quantitative estimate of drug-likeness (QED) is 0.510. The molecule has 0 aliphatic rings. The van der Waals surface area contributed by atoms with Crippen molar-refractivity contribution >= 4 is 19.1 Å². The molecular formula is C14H8Cl2N2Pd-2. The van der Waals surface area contributed by atoms with Gasteiger partial charge in [0.15, 0.2) is 0 Å². The van der Waals surface area contributed by atoms with Crippen LogP contribution in [0.25, 0.3) is 0 Å². The van der Waals surface area contributed by atoms with Gasteiger partial charge in [-0.25, -0.2) is 0 Å². The maximum atomic E-state index is 8.26. The van der Waals surface area contributed by atoms with E-state index in [-0.39, 0.29) is 15.9 Å². The Morgan fingerprint density at radius 1 is 0.842 bits per heavy atom. The third-order valence-corrected chi connectivity index (χ3v) is 1.66. The van der Waals surface area contributed by atoms with Gasteiger partial charge in [0.1, 0.15) is 0 Å². The van der Waals surface area contributed by atoms with Gasteiger partial charge in [0, 0.05) is 0 Å². The second-order valence-electron chi connectivity index (χ2n) is 2.82. The molecule has 0 spiro atoms. The van der Waals surface area contributed by atoms with Crippen molar-refractivity contribution in [2.24, 2.45) is 0 Å². The molecule has 0 unspecified atom stereocenters. The molecule has 2 nitrogen and oxygen atoms in total. The van der Waals surface area contributed by atoms with Gasteiger partial charge in [-0.1, -0.05) is 11.1 Å². The Balaban J connectivity index is 0.000000284. The summed E-state index contributed by atoms with van der Waals surface area (Å²) in [6.07, 6.45) is 0. The minimum atomic E-state index is -0.106. The van der Waals surface area contributed by atoms with Crippen LogP contribution >= 0.6 is 19.1 Å². The Morgan fingerprint density at radius 3 is 1.37 bits per heavy atom. The molecule has 19 heavy (non-hydrogen) atoms. The second kappa shape index (κ2) is 13.1. The number of hydrogen-bond acceptors (Lipinski definition) is 2. The van der Waals surface area contributed by atoms with Crippen LogP contribution in [0.5, 0.6) is 0 Å². The van der Waals surface area contributed by atoms with E-state index in [1.165, 1.54) is 0 Å². The third kappa shape index (κ3) is 10.3. The SMILES string of the molecule is N#Cc1[c-]cccc1.N#Cc1[c-]cccc1.[Cl][Pd][Cl]. The molecule has 0 saturated heterocycles. The van der Waals surface area contributed by atoms with Gasteiger partial charge in [-0.2, -0.15) is 0 Å². The Hall–Kier alpha value is -1.34. The molecule has 0 aliphatic heterocycles. The summed E-state index contributed by atoms with van der Waals surface area (Å²) in [4.78, 5) is 0. The molecule has 2 aromatic carbocycles. The second-order valence-corrected chi connectivity index (χ2v) is 5.18. The molecular weight excluding hydrogens is 373 g/mol. The van der Waals surface area contributed by atoms with Crippen LogP contribution in [0.2, 0.25) is 0 Å². The number of benzene rings is 2. The summed E-state index contributed by atoms with van der Waals surface area (Å²) in [6, 6.07) is 23.6. The van der Waals surface area contributed by atoms with E-state index in [0.29, 0.717) is 11.1 Å². The molecule has 0 N–H and O–H groups in total. The average Bonchev–Trinajstić information content (AvgIpc) is 2.50. The van der Waals surface area contributed by atoms with Crippen LogP contribution in [0.15, 0.2) is 48.5 Å². The topological polar surface area (TPSA) is 47.6 Å². The molecule has 100 valence electrons. The monoisotopic (exact) mass is 380 g/mol. The Labute approximate surface area is 129 Å². The fourth-order valence-electron chi connectivity index (χ4n) is 0.926. The molecule has 0 radical (unpaired) electrons. The van der Waals surface area contributed by atoms with Crippen LogP contribution < -0.4 is 0 Å². The van der Waals surface area contributed by atoms with Gasteiger partial charge >= 0.3 is 35.0 Å². The predicted molar refractivity (Wildman–Crippen MR) is 71.7 cm³/mol. The zero-order chi connectivity index (χ0) is 14.3. The molecule has 0 heterocycles. The van der Waals surface area contributed by atoms with E-state index in [9.17, 15) is 0 Å². The first-order valence-electron chi connectivity index (χ1n) is 4.84. The molecule has 0 bridgehead atoms. The summed E-state index contributed by atoms with van der Waals surface area (Å²) in [6.45, 7) is 0. The van der Waals surface area contributed by atoms with Crippen LogP contribution in [0, 0.1) is 34.8 Å². The Bertz CT molecular complexity index is 469. The van der Waals surface area contributed by atoms with Gasteiger partial charge < -0.3 is 0 Å². The first kappa shape index (κ1) is 17.7. The summed E-state index contributed by atoms with van der Waals surface area (Å²) in [7, 11) is 9.63. The van der Waals surface area contributed by atoms with Crippen molar-refractivity contribution in [3.63, 3.8) is 0 Å². The van der Waals surface area contributed by atoms with Crippen molar-refractivity contribution in [1.29, 1.82) is 10.5 Å². The Morgan fingerprint density at radius 2 is 1.21 bits per heavy atom. The number of nitriles is 2. The van der Waals surface area contributed by atoms with Crippen LogP contribution in [-0.4, -0.2) is 0 Å². The summed E-state index contributed by atoms with van der Waals surface area (Å²) >= 11 is -0.106.